The van der Waals surface area contributed by atoms with E-state index in [1.54, 1.807) is 12.1 Å². The van der Waals surface area contributed by atoms with Crippen LogP contribution >= 0.6 is 0 Å². The number of fused-ring (bicyclic) bond motifs is 5. The second-order valence-corrected chi connectivity index (χ2v) is 9.83. The van der Waals surface area contributed by atoms with Gasteiger partial charge in [0.2, 0.25) is 5.88 Å². The molecule has 190 valence electrons. The van der Waals surface area contributed by atoms with Gasteiger partial charge >= 0.3 is 0 Å². The van der Waals surface area contributed by atoms with Gasteiger partial charge in [-0.2, -0.15) is 4.98 Å². The van der Waals surface area contributed by atoms with E-state index in [9.17, 15) is 9.50 Å². The number of halogens is 1. The first-order valence-corrected chi connectivity index (χ1v) is 12.2. The van der Waals surface area contributed by atoms with E-state index in [1.165, 1.54) is 13.3 Å². The van der Waals surface area contributed by atoms with Gasteiger partial charge in [0.15, 0.2) is 5.75 Å². The second-order valence-electron chi connectivity index (χ2n) is 9.83. The molecule has 7 rings (SSSR count). The van der Waals surface area contributed by atoms with E-state index in [1.807, 2.05) is 19.2 Å². The minimum atomic E-state index is -0.887. The maximum absolute atomic E-state index is 14.9. The number of hydrogen-bond donors (Lipinski definition) is 1. The van der Waals surface area contributed by atoms with Crippen molar-refractivity contribution in [1.82, 2.24) is 15.0 Å². The fraction of sp³-hybridized carbons (Fsp3) is 0.500. The summed E-state index contributed by atoms with van der Waals surface area (Å²) < 4.78 is 37.7. The summed E-state index contributed by atoms with van der Waals surface area (Å²) in [5, 5.41) is 11.4. The Hall–Kier alpha value is -3.24. The third-order valence-corrected chi connectivity index (χ3v) is 8.05. The standard InChI is InChI=1S/C26H29FN4O5/c1-31(21-5-4-19-24(29-21)35-12-11-34-19)25-7-9-26(10-8-25,36-15-25)20(32)13-16-17(27)14-28-18-3-6-22(33-2)30-23(16)18/h3-6,14,20,32H,7-13,15H2,1-2H3. The molecule has 0 spiro atoms. The van der Waals surface area contributed by atoms with E-state index in [2.05, 4.69) is 19.9 Å². The number of likely N-dealkylation sites (N-methyl/N-ethyl adjacent to an activating group) is 1. The molecule has 4 aliphatic rings. The molecule has 2 saturated heterocycles. The molecular formula is C26H29FN4O5. The van der Waals surface area contributed by atoms with Gasteiger partial charge in [0.25, 0.3) is 5.88 Å². The van der Waals surface area contributed by atoms with Crippen LogP contribution in [0.25, 0.3) is 11.0 Å². The van der Waals surface area contributed by atoms with Gasteiger partial charge in [-0.1, -0.05) is 0 Å². The molecule has 10 heteroatoms. The molecule has 1 atom stereocenters. The van der Waals surface area contributed by atoms with Crippen molar-refractivity contribution < 1.29 is 28.4 Å². The fourth-order valence-electron chi connectivity index (χ4n) is 5.68. The first-order chi connectivity index (χ1) is 17.4. The summed E-state index contributed by atoms with van der Waals surface area (Å²) in [4.78, 5) is 15.4. The molecule has 9 nitrogen and oxygen atoms in total. The second kappa shape index (κ2) is 8.70. The number of ether oxygens (including phenoxy) is 4. The van der Waals surface area contributed by atoms with Crippen molar-refractivity contribution in [1.29, 1.82) is 0 Å². The molecule has 1 unspecified atom stereocenters. The number of pyridine rings is 3. The van der Waals surface area contributed by atoms with Gasteiger partial charge in [-0.05, 0) is 43.9 Å². The van der Waals surface area contributed by atoms with Crippen LogP contribution in [0.15, 0.2) is 30.5 Å². The number of methoxy groups -OCH3 is 1. The SMILES string of the molecule is COc1ccc2ncc(F)c(CC(O)C34CCC(N(C)c5ccc6c(n5)OCCO6)(CC3)CO4)c2n1. The first-order valence-electron chi connectivity index (χ1n) is 12.2. The predicted octanol–water partition coefficient (Wildman–Crippen LogP) is 3.07. The van der Waals surface area contributed by atoms with Crippen molar-refractivity contribution in [2.24, 2.45) is 0 Å². The van der Waals surface area contributed by atoms with Crippen LogP contribution in [-0.2, 0) is 11.2 Å². The van der Waals surface area contributed by atoms with Gasteiger partial charge < -0.3 is 29.0 Å². The molecule has 36 heavy (non-hydrogen) atoms. The molecule has 3 aromatic rings. The smallest absolute Gasteiger partial charge is 0.259 e. The highest BCUT2D eigenvalue weighted by molar-refractivity contribution is 5.78. The molecule has 1 saturated carbocycles. The van der Waals surface area contributed by atoms with E-state index in [-0.39, 0.29) is 12.0 Å². The summed E-state index contributed by atoms with van der Waals surface area (Å²) in [7, 11) is 3.53. The maximum Gasteiger partial charge on any atom is 0.259 e. The van der Waals surface area contributed by atoms with E-state index in [0.29, 0.717) is 66.8 Å². The Morgan fingerprint density at radius 3 is 2.67 bits per heavy atom. The monoisotopic (exact) mass is 496 g/mol. The number of nitrogens with zero attached hydrogens (tertiary/aromatic N) is 4. The van der Waals surface area contributed by atoms with Crippen molar-refractivity contribution in [3.8, 4) is 17.5 Å². The third-order valence-electron chi connectivity index (χ3n) is 8.05. The Kier molecular flexibility index (Phi) is 5.60. The number of aliphatic hydroxyl groups excluding tert-OH is 1. The average molecular weight is 497 g/mol. The normalized spacial score (nSPS) is 25.6. The number of hydrogen-bond acceptors (Lipinski definition) is 9. The van der Waals surface area contributed by atoms with Gasteiger partial charge in [0.1, 0.15) is 24.8 Å². The lowest BCUT2D eigenvalue weighted by Crippen LogP contribution is -2.65. The lowest BCUT2D eigenvalue weighted by molar-refractivity contribution is -0.202. The quantitative estimate of drug-likeness (QED) is 0.552. The topological polar surface area (TPSA) is 99.1 Å². The van der Waals surface area contributed by atoms with E-state index in [0.717, 1.165) is 18.7 Å². The van der Waals surface area contributed by atoms with Crippen molar-refractivity contribution in [3.63, 3.8) is 0 Å². The zero-order chi connectivity index (χ0) is 24.9. The van der Waals surface area contributed by atoms with E-state index in [4.69, 9.17) is 18.9 Å². The van der Waals surface area contributed by atoms with Crippen molar-refractivity contribution in [2.75, 3.05) is 38.9 Å². The Bertz CT molecular complexity index is 1280. The molecule has 0 radical (unpaired) electrons. The summed E-state index contributed by atoms with van der Waals surface area (Å²) in [5.74, 6) is 1.84. The highest BCUT2D eigenvalue weighted by Gasteiger charge is 2.55. The molecule has 3 aliphatic heterocycles. The molecule has 1 N–H and O–H groups in total. The first kappa shape index (κ1) is 23.2. The van der Waals surface area contributed by atoms with Crippen LogP contribution in [0, 0.1) is 5.82 Å². The number of anilines is 1. The molecular weight excluding hydrogens is 467 g/mol. The van der Waals surface area contributed by atoms with Crippen LogP contribution < -0.4 is 19.1 Å². The van der Waals surface area contributed by atoms with E-state index < -0.39 is 17.5 Å². The van der Waals surface area contributed by atoms with Gasteiger partial charge in [-0.3, -0.25) is 4.98 Å². The molecule has 6 heterocycles. The number of rotatable bonds is 6. The number of aromatic nitrogens is 3. The minimum absolute atomic E-state index is 0.0809. The highest BCUT2D eigenvalue weighted by atomic mass is 19.1. The summed E-state index contributed by atoms with van der Waals surface area (Å²) in [6.07, 6.45) is 3.33. The molecule has 3 fully saturated rings. The van der Waals surface area contributed by atoms with Crippen LogP contribution in [0.3, 0.4) is 0 Å². The van der Waals surface area contributed by atoms with Crippen LogP contribution in [0.5, 0.6) is 17.5 Å². The Labute approximate surface area is 208 Å². The molecule has 0 amide bonds. The summed E-state index contributed by atoms with van der Waals surface area (Å²) in [5.41, 5.74) is 0.308. The Morgan fingerprint density at radius 1 is 1.11 bits per heavy atom. The lowest BCUT2D eigenvalue weighted by atomic mass is 9.67. The van der Waals surface area contributed by atoms with E-state index >= 15 is 0 Å². The maximum atomic E-state index is 14.9. The van der Waals surface area contributed by atoms with Gasteiger partial charge in [-0.15, -0.1) is 0 Å². The summed E-state index contributed by atoms with van der Waals surface area (Å²) >= 11 is 0. The van der Waals surface area contributed by atoms with Crippen LogP contribution in [0.2, 0.25) is 0 Å². The van der Waals surface area contributed by atoms with Crippen LogP contribution in [0.1, 0.15) is 31.2 Å². The van der Waals surface area contributed by atoms with Gasteiger partial charge in [0.05, 0.1) is 48.2 Å². The van der Waals surface area contributed by atoms with Crippen molar-refractivity contribution in [3.05, 3.63) is 41.8 Å². The zero-order valence-corrected chi connectivity index (χ0v) is 20.4. The molecule has 0 aromatic carbocycles. The van der Waals surface area contributed by atoms with Crippen molar-refractivity contribution >= 4 is 16.9 Å². The largest absolute Gasteiger partial charge is 0.484 e. The van der Waals surface area contributed by atoms with Gasteiger partial charge in [-0.25, -0.2) is 9.37 Å². The molecule has 2 bridgehead atoms. The fourth-order valence-corrected chi connectivity index (χ4v) is 5.68. The molecule has 1 aliphatic carbocycles. The molecule has 3 aromatic heterocycles. The summed E-state index contributed by atoms with van der Waals surface area (Å²) in [6.45, 7) is 1.45. The van der Waals surface area contributed by atoms with Gasteiger partial charge in [0, 0.05) is 25.1 Å². The number of aliphatic hydroxyl groups is 1. The highest BCUT2D eigenvalue weighted by Crippen LogP contribution is 2.49. The Balaban J connectivity index is 1.21. The zero-order valence-electron chi connectivity index (χ0n) is 20.4. The van der Waals surface area contributed by atoms with Crippen LogP contribution in [0.4, 0.5) is 10.2 Å². The minimum Gasteiger partial charge on any atom is -0.484 e. The summed E-state index contributed by atoms with van der Waals surface area (Å²) in [6, 6.07) is 7.25. The van der Waals surface area contributed by atoms with Crippen LogP contribution in [-0.4, -0.2) is 71.3 Å². The van der Waals surface area contributed by atoms with Crippen molar-refractivity contribution in [2.45, 2.75) is 49.3 Å². The predicted molar refractivity (Wildman–Crippen MR) is 129 cm³/mol. The lowest BCUT2D eigenvalue weighted by Gasteiger charge is -2.57. The Morgan fingerprint density at radius 2 is 1.92 bits per heavy atom. The average Bonchev–Trinajstić information content (AvgIpc) is 2.94. The third kappa shape index (κ3) is 3.70.